The quantitative estimate of drug-likeness (QED) is 0.875. The molecular formula is C17H28N2O2. The van der Waals surface area contributed by atoms with E-state index in [9.17, 15) is 0 Å². The topological polar surface area (TPSA) is 47.7 Å². The second-order valence-corrected chi connectivity index (χ2v) is 6.03. The minimum Gasteiger partial charge on any atom is -0.497 e. The molecule has 1 fully saturated rings. The van der Waals surface area contributed by atoms with Crippen LogP contribution in [0.5, 0.6) is 11.5 Å². The van der Waals surface area contributed by atoms with Crippen LogP contribution < -0.4 is 15.2 Å². The van der Waals surface area contributed by atoms with Gasteiger partial charge in [-0.05, 0) is 57.0 Å². The van der Waals surface area contributed by atoms with Gasteiger partial charge in [0.2, 0.25) is 0 Å². The van der Waals surface area contributed by atoms with Crippen LogP contribution in [0.4, 0.5) is 0 Å². The number of nitrogens with two attached hydrogens (primary N) is 1. The van der Waals surface area contributed by atoms with Crippen molar-refractivity contribution in [1.82, 2.24) is 4.90 Å². The van der Waals surface area contributed by atoms with E-state index < -0.39 is 0 Å². The van der Waals surface area contributed by atoms with Gasteiger partial charge >= 0.3 is 0 Å². The number of ether oxygens (including phenoxy) is 2. The van der Waals surface area contributed by atoms with E-state index in [0.717, 1.165) is 36.6 Å². The molecule has 1 saturated heterocycles. The third-order valence-electron chi connectivity index (χ3n) is 4.95. The van der Waals surface area contributed by atoms with Crippen molar-refractivity contribution in [2.75, 3.05) is 27.3 Å². The van der Waals surface area contributed by atoms with E-state index in [2.05, 4.69) is 18.7 Å². The van der Waals surface area contributed by atoms with E-state index in [1.165, 1.54) is 12.8 Å². The lowest BCUT2D eigenvalue weighted by Crippen LogP contribution is -2.51. The van der Waals surface area contributed by atoms with Crippen LogP contribution in [0.1, 0.15) is 44.7 Å². The summed E-state index contributed by atoms with van der Waals surface area (Å²) in [6, 6.07) is 5.87. The number of rotatable bonds is 6. The van der Waals surface area contributed by atoms with E-state index in [1.54, 1.807) is 14.2 Å². The normalized spacial score (nSPS) is 20.0. The molecule has 1 aromatic carbocycles. The van der Waals surface area contributed by atoms with Crippen molar-refractivity contribution in [3.05, 3.63) is 23.8 Å². The average Bonchev–Trinajstić information content (AvgIpc) is 3.07. The SMILES string of the molecule is CCC(C)(C(N)c1cc(OC)cc(OC)c1)N1CCCC1. The van der Waals surface area contributed by atoms with E-state index in [4.69, 9.17) is 15.2 Å². The summed E-state index contributed by atoms with van der Waals surface area (Å²) in [5.41, 5.74) is 7.70. The van der Waals surface area contributed by atoms with Crippen LogP contribution in [0.3, 0.4) is 0 Å². The molecule has 118 valence electrons. The number of nitrogens with zero attached hydrogens (tertiary/aromatic N) is 1. The molecule has 4 nitrogen and oxygen atoms in total. The fourth-order valence-corrected chi connectivity index (χ4v) is 3.24. The van der Waals surface area contributed by atoms with E-state index in [1.807, 2.05) is 18.2 Å². The smallest absolute Gasteiger partial charge is 0.122 e. The first-order chi connectivity index (χ1) is 10.0. The summed E-state index contributed by atoms with van der Waals surface area (Å²) in [6.45, 7) is 6.77. The molecule has 4 heteroatoms. The van der Waals surface area contributed by atoms with Crippen molar-refractivity contribution in [3.8, 4) is 11.5 Å². The van der Waals surface area contributed by atoms with Crippen molar-refractivity contribution >= 4 is 0 Å². The molecule has 0 aromatic heterocycles. The first kappa shape index (κ1) is 16.1. The molecule has 0 radical (unpaired) electrons. The van der Waals surface area contributed by atoms with Crippen molar-refractivity contribution < 1.29 is 9.47 Å². The second kappa shape index (κ2) is 6.67. The Balaban J connectivity index is 2.34. The zero-order valence-electron chi connectivity index (χ0n) is 13.7. The molecule has 1 aliphatic heterocycles. The Labute approximate surface area is 128 Å². The number of hydrogen-bond acceptors (Lipinski definition) is 4. The highest BCUT2D eigenvalue weighted by atomic mass is 16.5. The maximum atomic E-state index is 6.66. The van der Waals surface area contributed by atoms with Gasteiger partial charge in [0.25, 0.3) is 0 Å². The van der Waals surface area contributed by atoms with Gasteiger partial charge in [-0.25, -0.2) is 0 Å². The van der Waals surface area contributed by atoms with E-state index in [-0.39, 0.29) is 11.6 Å². The summed E-state index contributed by atoms with van der Waals surface area (Å²) < 4.78 is 10.7. The Hall–Kier alpha value is -1.26. The molecule has 1 aromatic rings. The second-order valence-electron chi connectivity index (χ2n) is 6.03. The van der Waals surface area contributed by atoms with Crippen LogP contribution >= 0.6 is 0 Å². The fraction of sp³-hybridized carbons (Fsp3) is 0.647. The lowest BCUT2D eigenvalue weighted by molar-refractivity contribution is 0.0998. The Morgan fingerprint density at radius 1 is 1.14 bits per heavy atom. The highest BCUT2D eigenvalue weighted by Gasteiger charge is 2.38. The van der Waals surface area contributed by atoms with E-state index in [0.29, 0.717) is 0 Å². The van der Waals surface area contributed by atoms with Gasteiger partial charge in [0.15, 0.2) is 0 Å². The van der Waals surface area contributed by atoms with Crippen LogP contribution in [0.15, 0.2) is 18.2 Å². The Morgan fingerprint density at radius 2 is 1.67 bits per heavy atom. The lowest BCUT2D eigenvalue weighted by Gasteiger charge is -2.43. The molecule has 0 spiro atoms. The first-order valence-corrected chi connectivity index (χ1v) is 7.78. The van der Waals surface area contributed by atoms with Gasteiger partial charge in [-0.1, -0.05) is 6.92 Å². The zero-order chi connectivity index (χ0) is 15.5. The average molecular weight is 292 g/mol. The zero-order valence-corrected chi connectivity index (χ0v) is 13.7. The predicted octanol–water partition coefficient (Wildman–Crippen LogP) is 2.97. The molecule has 1 aliphatic rings. The summed E-state index contributed by atoms with van der Waals surface area (Å²) in [5, 5.41) is 0. The maximum absolute atomic E-state index is 6.66. The van der Waals surface area contributed by atoms with Crippen molar-refractivity contribution in [2.45, 2.75) is 44.7 Å². The molecule has 0 amide bonds. The molecule has 1 heterocycles. The largest absolute Gasteiger partial charge is 0.497 e. The molecule has 21 heavy (non-hydrogen) atoms. The number of hydrogen-bond donors (Lipinski definition) is 1. The maximum Gasteiger partial charge on any atom is 0.122 e. The number of methoxy groups -OCH3 is 2. The fourth-order valence-electron chi connectivity index (χ4n) is 3.24. The van der Waals surface area contributed by atoms with Crippen LogP contribution in [-0.4, -0.2) is 37.7 Å². The molecule has 0 aliphatic carbocycles. The van der Waals surface area contributed by atoms with Crippen molar-refractivity contribution in [2.24, 2.45) is 5.73 Å². The first-order valence-electron chi connectivity index (χ1n) is 7.78. The minimum atomic E-state index is -0.0652. The van der Waals surface area contributed by atoms with Gasteiger partial charge in [0.1, 0.15) is 11.5 Å². The van der Waals surface area contributed by atoms with Gasteiger partial charge in [-0.15, -0.1) is 0 Å². The molecular weight excluding hydrogens is 264 g/mol. The van der Waals surface area contributed by atoms with E-state index >= 15 is 0 Å². The van der Waals surface area contributed by atoms with Crippen LogP contribution in [0.2, 0.25) is 0 Å². The van der Waals surface area contributed by atoms with Gasteiger partial charge in [0.05, 0.1) is 14.2 Å². The van der Waals surface area contributed by atoms with Gasteiger partial charge in [-0.3, -0.25) is 4.90 Å². The Bertz CT molecular complexity index is 450. The summed E-state index contributed by atoms with van der Waals surface area (Å²) >= 11 is 0. The summed E-state index contributed by atoms with van der Waals surface area (Å²) in [4.78, 5) is 2.53. The molecule has 2 atom stereocenters. The molecule has 0 saturated carbocycles. The summed E-state index contributed by atoms with van der Waals surface area (Å²) in [5.74, 6) is 1.58. The van der Waals surface area contributed by atoms with Crippen LogP contribution in [0.25, 0.3) is 0 Å². The van der Waals surface area contributed by atoms with Crippen LogP contribution in [0, 0.1) is 0 Å². The highest BCUT2D eigenvalue weighted by molar-refractivity contribution is 5.40. The lowest BCUT2D eigenvalue weighted by atomic mass is 9.83. The predicted molar refractivity (Wildman–Crippen MR) is 86.0 cm³/mol. The molecule has 0 bridgehead atoms. The third-order valence-corrected chi connectivity index (χ3v) is 4.95. The Kier molecular flexibility index (Phi) is 5.12. The molecule has 2 N–H and O–H groups in total. The monoisotopic (exact) mass is 292 g/mol. The minimum absolute atomic E-state index is 0.0339. The van der Waals surface area contributed by atoms with Crippen molar-refractivity contribution in [1.29, 1.82) is 0 Å². The Morgan fingerprint density at radius 3 is 2.10 bits per heavy atom. The standard InChI is InChI=1S/C17H28N2O2/c1-5-17(2,19-8-6-7-9-19)16(18)13-10-14(20-3)12-15(11-13)21-4/h10-12,16H,5-9,18H2,1-4H3. The van der Waals surface area contributed by atoms with Gasteiger partial charge < -0.3 is 15.2 Å². The van der Waals surface area contributed by atoms with Crippen LogP contribution in [-0.2, 0) is 0 Å². The molecule has 2 unspecified atom stereocenters. The molecule has 2 rings (SSSR count). The van der Waals surface area contributed by atoms with Gasteiger partial charge in [-0.2, -0.15) is 0 Å². The van der Waals surface area contributed by atoms with Gasteiger partial charge in [0, 0.05) is 17.6 Å². The van der Waals surface area contributed by atoms with Crippen molar-refractivity contribution in [3.63, 3.8) is 0 Å². The summed E-state index contributed by atoms with van der Waals surface area (Å²) in [7, 11) is 3.34. The summed E-state index contributed by atoms with van der Waals surface area (Å²) in [6.07, 6.45) is 3.56. The number of likely N-dealkylation sites (tertiary alicyclic amines) is 1. The number of benzene rings is 1. The highest BCUT2D eigenvalue weighted by Crippen LogP contribution is 2.37. The third kappa shape index (κ3) is 3.16.